The molecule has 0 spiro atoms. The number of benzene rings is 1. The molecular weight excluding hydrogens is 446 g/mol. The minimum absolute atomic E-state index is 0.174. The zero-order valence-corrected chi connectivity index (χ0v) is 21.5. The Morgan fingerprint density at radius 2 is 1.94 bits per heavy atom. The lowest BCUT2D eigenvalue weighted by molar-refractivity contribution is -0.0402. The minimum atomic E-state index is -0.174. The van der Waals surface area contributed by atoms with Crippen LogP contribution in [0.25, 0.3) is 20.4 Å². The third kappa shape index (κ3) is 4.79. The molecule has 0 saturated heterocycles. The van der Waals surface area contributed by atoms with Crippen LogP contribution in [0.15, 0.2) is 41.7 Å². The van der Waals surface area contributed by atoms with Crippen molar-refractivity contribution >= 4 is 43.5 Å². The predicted molar refractivity (Wildman–Crippen MR) is 139 cm³/mol. The summed E-state index contributed by atoms with van der Waals surface area (Å²) >= 11 is 3.60. The Bertz CT molecular complexity index is 1280. The number of fused-ring (bicyclic) bond motifs is 5. The second-order valence-electron chi connectivity index (χ2n) is 9.92. The SMILES string of the molecule is CC(C)Cc1nc2sc3c(SCCCc4ccccc4)ncnc3c2c2c1COC(C)(C)C2. The Morgan fingerprint density at radius 3 is 2.73 bits per heavy atom. The van der Waals surface area contributed by atoms with E-state index in [9.17, 15) is 0 Å². The van der Waals surface area contributed by atoms with Gasteiger partial charge in [0.1, 0.15) is 16.2 Å². The maximum Gasteiger partial charge on any atom is 0.126 e. The quantitative estimate of drug-likeness (QED) is 0.163. The smallest absolute Gasteiger partial charge is 0.126 e. The van der Waals surface area contributed by atoms with Crippen LogP contribution in [0.5, 0.6) is 0 Å². The van der Waals surface area contributed by atoms with Crippen LogP contribution in [0, 0.1) is 5.92 Å². The second-order valence-corrected chi connectivity index (χ2v) is 12.0. The van der Waals surface area contributed by atoms with Crippen molar-refractivity contribution in [2.45, 2.75) is 70.6 Å². The van der Waals surface area contributed by atoms with Gasteiger partial charge in [0.2, 0.25) is 0 Å². The zero-order chi connectivity index (χ0) is 23.0. The van der Waals surface area contributed by atoms with Crippen molar-refractivity contribution in [3.8, 4) is 0 Å². The summed E-state index contributed by atoms with van der Waals surface area (Å²) < 4.78 is 7.38. The molecule has 0 radical (unpaired) electrons. The van der Waals surface area contributed by atoms with Crippen LogP contribution in [-0.4, -0.2) is 26.3 Å². The molecule has 6 heteroatoms. The van der Waals surface area contributed by atoms with Gasteiger partial charge in [-0.3, -0.25) is 0 Å². The maximum atomic E-state index is 6.20. The van der Waals surface area contributed by atoms with E-state index in [1.807, 2.05) is 11.8 Å². The first-order chi connectivity index (χ1) is 15.9. The molecule has 1 aromatic carbocycles. The molecule has 0 unspecified atom stereocenters. The fourth-order valence-corrected chi connectivity index (χ4v) is 6.80. The van der Waals surface area contributed by atoms with E-state index < -0.39 is 0 Å². The van der Waals surface area contributed by atoms with E-state index in [1.165, 1.54) is 32.5 Å². The summed E-state index contributed by atoms with van der Waals surface area (Å²) in [5.41, 5.74) is 6.15. The van der Waals surface area contributed by atoms with Gasteiger partial charge in [-0.2, -0.15) is 0 Å². The van der Waals surface area contributed by atoms with Crippen LogP contribution in [-0.2, 0) is 30.6 Å². The average Bonchev–Trinajstić information content (AvgIpc) is 3.15. The Labute approximate surface area is 204 Å². The number of aryl methyl sites for hydroxylation is 1. The molecule has 1 aliphatic rings. The van der Waals surface area contributed by atoms with E-state index in [2.05, 4.69) is 63.0 Å². The number of hydrogen-bond donors (Lipinski definition) is 0. The Balaban J connectivity index is 1.50. The topological polar surface area (TPSA) is 47.9 Å². The van der Waals surface area contributed by atoms with Gasteiger partial charge in [-0.1, -0.05) is 44.2 Å². The zero-order valence-electron chi connectivity index (χ0n) is 19.9. The van der Waals surface area contributed by atoms with Crippen LogP contribution in [0.3, 0.4) is 0 Å². The lowest BCUT2D eigenvalue weighted by atomic mass is 9.88. The normalized spacial score (nSPS) is 15.4. The van der Waals surface area contributed by atoms with Crippen molar-refractivity contribution < 1.29 is 4.74 Å². The van der Waals surface area contributed by atoms with E-state index in [-0.39, 0.29) is 5.60 Å². The van der Waals surface area contributed by atoms with Crippen molar-refractivity contribution in [2.24, 2.45) is 5.92 Å². The number of hydrogen-bond acceptors (Lipinski definition) is 6. The number of rotatable bonds is 7. The molecule has 33 heavy (non-hydrogen) atoms. The molecule has 0 atom stereocenters. The predicted octanol–water partition coefficient (Wildman–Crippen LogP) is 7.01. The number of pyridine rings is 1. The van der Waals surface area contributed by atoms with Crippen LogP contribution >= 0.6 is 23.1 Å². The van der Waals surface area contributed by atoms with Crippen LogP contribution in [0.2, 0.25) is 0 Å². The number of aromatic nitrogens is 3. The minimum Gasteiger partial charge on any atom is -0.370 e. The van der Waals surface area contributed by atoms with E-state index in [0.717, 1.165) is 46.8 Å². The Morgan fingerprint density at radius 1 is 1.12 bits per heavy atom. The van der Waals surface area contributed by atoms with E-state index in [0.29, 0.717) is 12.5 Å². The van der Waals surface area contributed by atoms with Gasteiger partial charge < -0.3 is 4.74 Å². The summed E-state index contributed by atoms with van der Waals surface area (Å²) in [6.45, 7) is 9.51. The molecule has 0 N–H and O–H groups in total. The maximum absolute atomic E-state index is 6.20. The van der Waals surface area contributed by atoms with Crippen molar-refractivity contribution in [1.82, 2.24) is 15.0 Å². The summed E-state index contributed by atoms with van der Waals surface area (Å²) in [5, 5.41) is 2.31. The molecule has 0 bridgehead atoms. The lowest BCUT2D eigenvalue weighted by Crippen LogP contribution is -2.33. The van der Waals surface area contributed by atoms with Gasteiger partial charge in [-0.05, 0) is 55.9 Å². The molecule has 3 aromatic heterocycles. The molecule has 172 valence electrons. The van der Waals surface area contributed by atoms with Crippen LogP contribution in [0.1, 0.15) is 56.5 Å². The molecular formula is C27H31N3OS2. The van der Waals surface area contributed by atoms with Gasteiger partial charge in [-0.15, -0.1) is 23.1 Å². The van der Waals surface area contributed by atoms with Gasteiger partial charge in [0, 0.05) is 23.1 Å². The van der Waals surface area contributed by atoms with Gasteiger partial charge in [-0.25, -0.2) is 15.0 Å². The molecule has 4 aromatic rings. The third-order valence-corrected chi connectivity index (χ3v) is 8.46. The number of nitrogens with zero attached hydrogens (tertiary/aromatic N) is 3. The summed E-state index contributed by atoms with van der Waals surface area (Å²) in [6.07, 6.45) is 5.82. The summed E-state index contributed by atoms with van der Waals surface area (Å²) in [5.74, 6) is 1.60. The van der Waals surface area contributed by atoms with E-state index in [4.69, 9.17) is 14.7 Å². The summed E-state index contributed by atoms with van der Waals surface area (Å²) in [6, 6.07) is 10.7. The van der Waals surface area contributed by atoms with Gasteiger partial charge in [0.25, 0.3) is 0 Å². The highest BCUT2D eigenvalue weighted by Gasteiger charge is 2.31. The monoisotopic (exact) mass is 477 g/mol. The third-order valence-electron chi connectivity index (χ3n) is 6.17. The molecule has 1 aliphatic heterocycles. The van der Waals surface area contributed by atoms with Crippen molar-refractivity contribution in [3.05, 3.63) is 59.0 Å². The first-order valence-electron chi connectivity index (χ1n) is 11.8. The first-order valence-corrected chi connectivity index (χ1v) is 13.6. The number of thiophene rings is 1. The number of thioether (sulfide) groups is 1. The van der Waals surface area contributed by atoms with E-state index in [1.54, 1.807) is 17.7 Å². The summed E-state index contributed by atoms with van der Waals surface area (Å²) in [4.78, 5) is 15.7. The molecule has 0 fully saturated rings. The lowest BCUT2D eigenvalue weighted by Gasteiger charge is -2.33. The Hall–Kier alpha value is -2.02. The van der Waals surface area contributed by atoms with Crippen molar-refractivity contribution in [1.29, 1.82) is 0 Å². The molecule has 4 nitrogen and oxygen atoms in total. The number of ether oxygens (including phenoxy) is 1. The standard InChI is InChI=1S/C27H31N3OS2/c1-17(2)13-21-20-15-31-27(3,4)14-19(20)22-23-24(33-25(22)30-21)26(29-16-28-23)32-12-8-11-18-9-6-5-7-10-18/h5-7,9-10,16-17H,8,11-15H2,1-4H3. The summed E-state index contributed by atoms with van der Waals surface area (Å²) in [7, 11) is 0. The average molecular weight is 478 g/mol. The molecule has 0 aliphatic carbocycles. The Kier molecular flexibility index (Phi) is 6.43. The fourth-order valence-electron chi connectivity index (χ4n) is 4.60. The van der Waals surface area contributed by atoms with Crippen molar-refractivity contribution in [2.75, 3.05) is 5.75 Å². The molecule has 0 saturated carbocycles. The van der Waals surface area contributed by atoms with Gasteiger partial charge >= 0.3 is 0 Å². The van der Waals surface area contributed by atoms with Gasteiger partial charge in [0.15, 0.2) is 0 Å². The first kappa shape index (κ1) is 22.8. The largest absolute Gasteiger partial charge is 0.370 e. The van der Waals surface area contributed by atoms with Crippen LogP contribution in [0.4, 0.5) is 0 Å². The highest BCUT2D eigenvalue weighted by molar-refractivity contribution is 7.99. The molecule has 0 amide bonds. The second kappa shape index (κ2) is 9.32. The van der Waals surface area contributed by atoms with Crippen molar-refractivity contribution in [3.63, 3.8) is 0 Å². The fraction of sp³-hybridized carbons (Fsp3) is 0.444. The van der Waals surface area contributed by atoms with E-state index >= 15 is 0 Å². The van der Waals surface area contributed by atoms with Gasteiger partial charge in [0.05, 0.1) is 22.4 Å². The molecule has 5 rings (SSSR count). The van der Waals surface area contributed by atoms with Crippen LogP contribution < -0.4 is 0 Å². The highest BCUT2D eigenvalue weighted by atomic mass is 32.2. The highest BCUT2D eigenvalue weighted by Crippen LogP contribution is 2.43. The molecule has 4 heterocycles.